The maximum Gasteiger partial charge on any atom is 0.254 e. The average molecular weight is 310 g/mol. The molecule has 0 saturated carbocycles. The standard InChI is InChI=1S/C14H12F2N2O2S/c15-10-4-3-8(6-11(10)16)12(19)7-18-13(20)9-2-1-5-17-14(9)21/h1-6,12,19H,7H2,(H,17,21)(H,18,20)/t12-/m0/s1. The molecule has 0 saturated heterocycles. The minimum Gasteiger partial charge on any atom is -0.387 e. The minimum absolute atomic E-state index is 0.145. The lowest BCUT2D eigenvalue weighted by atomic mass is 10.1. The number of nitrogens with one attached hydrogen (secondary N) is 2. The third-order valence-electron chi connectivity index (χ3n) is 2.85. The predicted molar refractivity (Wildman–Crippen MR) is 75.3 cm³/mol. The van der Waals surface area contributed by atoms with Gasteiger partial charge in [0.1, 0.15) is 4.64 Å². The van der Waals surface area contributed by atoms with Crippen LogP contribution in [0.15, 0.2) is 36.5 Å². The van der Waals surface area contributed by atoms with E-state index in [-0.39, 0.29) is 22.3 Å². The number of hydrogen-bond acceptors (Lipinski definition) is 3. The Hall–Kier alpha value is -2.12. The first kappa shape index (κ1) is 15.3. The molecule has 2 aromatic rings. The number of benzene rings is 1. The third-order valence-corrected chi connectivity index (χ3v) is 3.18. The third kappa shape index (κ3) is 3.71. The van der Waals surface area contributed by atoms with Crippen molar-refractivity contribution >= 4 is 18.1 Å². The van der Waals surface area contributed by atoms with Crippen LogP contribution in [0.4, 0.5) is 8.78 Å². The van der Waals surface area contributed by atoms with Crippen molar-refractivity contribution in [3.63, 3.8) is 0 Å². The highest BCUT2D eigenvalue weighted by molar-refractivity contribution is 7.71. The minimum atomic E-state index is -1.15. The molecule has 0 bridgehead atoms. The molecule has 1 atom stereocenters. The molecule has 1 amide bonds. The molecule has 1 aromatic carbocycles. The van der Waals surface area contributed by atoms with E-state index in [9.17, 15) is 18.7 Å². The van der Waals surface area contributed by atoms with Crippen LogP contribution >= 0.6 is 12.2 Å². The number of halogens is 2. The summed E-state index contributed by atoms with van der Waals surface area (Å²) < 4.78 is 26.1. The van der Waals surface area contributed by atoms with E-state index in [4.69, 9.17) is 12.2 Å². The summed E-state index contributed by atoms with van der Waals surface area (Å²) in [5.41, 5.74) is 0.442. The second-order valence-electron chi connectivity index (χ2n) is 4.31. The summed E-state index contributed by atoms with van der Waals surface area (Å²) in [5.74, 6) is -2.51. The Bertz CT molecular complexity index is 718. The van der Waals surface area contributed by atoms with E-state index in [0.717, 1.165) is 12.1 Å². The molecule has 4 nitrogen and oxygen atoms in total. The van der Waals surface area contributed by atoms with E-state index >= 15 is 0 Å². The summed E-state index contributed by atoms with van der Waals surface area (Å²) >= 11 is 4.96. The summed E-state index contributed by atoms with van der Waals surface area (Å²) in [4.78, 5) is 14.6. The number of aliphatic hydroxyl groups is 1. The Morgan fingerprint density at radius 1 is 1.33 bits per heavy atom. The molecule has 110 valence electrons. The largest absolute Gasteiger partial charge is 0.387 e. The monoisotopic (exact) mass is 310 g/mol. The number of aromatic nitrogens is 1. The van der Waals surface area contributed by atoms with Crippen LogP contribution in [0.25, 0.3) is 0 Å². The van der Waals surface area contributed by atoms with Gasteiger partial charge >= 0.3 is 0 Å². The molecule has 7 heteroatoms. The van der Waals surface area contributed by atoms with Crippen LogP contribution in [0.1, 0.15) is 22.0 Å². The van der Waals surface area contributed by atoms with Gasteiger partial charge in [-0.25, -0.2) is 8.78 Å². The van der Waals surface area contributed by atoms with Crippen molar-refractivity contribution in [2.45, 2.75) is 6.10 Å². The molecule has 21 heavy (non-hydrogen) atoms. The van der Waals surface area contributed by atoms with E-state index in [1.807, 2.05) is 0 Å². The number of hydrogen-bond donors (Lipinski definition) is 3. The molecule has 2 rings (SSSR count). The van der Waals surface area contributed by atoms with Crippen LogP contribution in [0, 0.1) is 16.3 Å². The van der Waals surface area contributed by atoms with Crippen LogP contribution in [0.3, 0.4) is 0 Å². The van der Waals surface area contributed by atoms with Gasteiger partial charge < -0.3 is 15.4 Å². The fourth-order valence-electron chi connectivity index (χ4n) is 1.72. The van der Waals surface area contributed by atoms with E-state index in [2.05, 4.69) is 10.3 Å². The van der Waals surface area contributed by atoms with Crippen molar-refractivity contribution in [2.24, 2.45) is 0 Å². The van der Waals surface area contributed by atoms with Gasteiger partial charge in [0.05, 0.1) is 11.7 Å². The first-order valence-corrected chi connectivity index (χ1v) is 6.49. The Balaban J connectivity index is 2.02. The molecular weight excluding hydrogens is 298 g/mol. The second kappa shape index (κ2) is 6.55. The zero-order chi connectivity index (χ0) is 15.4. The lowest BCUT2D eigenvalue weighted by molar-refractivity contribution is 0.0915. The van der Waals surface area contributed by atoms with E-state index in [0.29, 0.717) is 0 Å². The fourth-order valence-corrected chi connectivity index (χ4v) is 1.95. The van der Waals surface area contributed by atoms with Gasteiger partial charge in [0.25, 0.3) is 5.91 Å². The van der Waals surface area contributed by atoms with Crippen LogP contribution in [0.2, 0.25) is 0 Å². The molecule has 0 aliphatic rings. The first-order chi connectivity index (χ1) is 9.99. The van der Waals surface area contributed by atoms with Gasteiger partial charge in [0.15, 0.2) is 11.6 Å². The fraction of sp³-hybridized carbons (Fsp3) is 0.143. The van der Waals surface area contributed by atoms with Crippen molar-refractivity contribution in [3.8, 4) is 0 Å². The highest BCUT2D eigenvalue weighted by atomic mass is 32.1. The summed E-state index contributed by atoms with van der Waals surface area (Å²) in [7, 11) is 0. The summed E-state index contributed by atoms with van der Waals surface area (Å²) in [6.07, 6.45) is 0.445. The molecular formula is C14H12F2N2O2S. The molecule has 3 N–H and O–H groups in total. The van der Waals surface area contributed by atoms with Gasteiger partial charge in [-0.2, -0.15) is 0 Å². The predicted octanol–water partition coefficient (Wildman–Crippen LogP) is 2.49. The zero-order valence-electron chi connectivity index (χ0n) is 10.8. The normalized spacial score (nSPS) is 12.0. The van der Waals surface area contributed by atoms with E-state index in [1.165, 1.54) is 12.1 Å². The van der Waals surface area contributed by atoms with Gasteiger partial charge in [-0.3, -0.25) is 4.79 Å². The van der Waals surface area contributed by atoms with Gasteiger partial charge in [0.2, 0.25) is 0 Å². The van der Waals surface area contributed by atoms with Crippen LogP contribution < -0.4 is 5.32 Å². The summed E-state index contributed by atoms with van der Waals surface area (Å²) in [6.45, 7) is -0.145. The van der Waals surface area contributed by atoms with Crippen LogP contribution in [-0.2, 0) is 0 Å². The van der Waals surface area contributed by atoms with E-state index < -0.39 is 23.6 Å². The maximum atomic E-state index is 13.1. The molecule has 1 heterocycles. The van der Waals surface area contributed by atoms with Crippen molar-refractivity contribution < 1.29 is 18.7 Å². The van der Waals surface area contributed by atoms with Crippen molar-refractivity contribution in [1.29, 1.82) is 0 Å². The van der Waals surface area contributed by atoms with Gasteiger partial charge in [-0.05, 0) is 29.8 Å². The molecule has 0 aliphatic carbocycles. The molecule has 0 spiro atoms. The Labute approximate surface area is 124 Å². The molecule has 0 radical (unpaired) electrons. The summed E-state index contributed by atoms with van der Waals surface area (Å²) in [6, 6.07) is 6.23. The highest BCUT2D eigenvalue weighted by Crippen LogP contribution is 2.15. The summed E-state index contributed by atoms with van der Waals surface area (Å²) in [5, 5.41) is 12.3. The Morgan fingerprint density at radius 2 is 2.10 bits per heavy atom. The first-order valence-electron chi connectivity index (χ1n) is 6.08. The average Bonchev–Trinajstić information content (AvgIpc) is 2.47. The lowest BCUT2D eigenvalue weighted by Crippen LogP contribution is -2.28. The number of aromatic amines is 1. The lowest BCUT2D eigenvalue weighted by Gasteiger charge is -2.12. The number of aliphatic hydroxyl groups excluding tert-OH is 1. The SMILES string of the molecule is O=C(NC[C@H](O)c1ccc(F)c(F)c1)c1ccc[nH]c1=S. The number of H-pyrrole nitrogens is 1. The maximum absolute atomic E-state index is 13.1. The number of carbonyl (C=O) groups is 1. The number of amides is 1. The van der Waals surface area contributed by atoms with Crippen LogP contribution in [0.5, 0.6) is 0 Å². The number of carbonyl (C=O) groups excluding carboxylic acids is 1. The molecule has 0 unspecified atom stereocenters. The number of rotatable bonds is 4. The molecule has 0 fully saturated rings. The zero-order valence-corrected chi connectivity index (χ0v) is 11.6. The van der Waals surface area contributed by atoms with Gasteiger partial charge in [-0.15, -0.1) is 0 Å². The second-order valence-corrected chi connectivity index (χ2v) is 4.72. The van der Waals surface area contributed by atoms with E-state index in [1.54, 1.807) is 12.3 Å². The Morgan fingerprint density at radius 3 is 2.76 bits per heavy atom. The van der Waals surface area contributed by atoms with Crippen LogP contribution in [-0.4, -0.2) is 22.5 Å². The van der Waals surface area contributed by atoms with Crippen molar-refractivity contribution in [1.82, 2.24) is 10.3 Å². The quantitative estimate of drug-likeness (QED) is 0.760. The topological polar surface area (TPSA) is 65.1 Å². The van der Waals surface area contributed by atoms with Crippen molar-refractivity contribution in [3.05, 3.63) is 63.9 Å². The smallest absolute Gasteiger partial charge is 0.254 e. The Kier molecular flexibility index (Phi) is 4.77. The van der Waals surface area contributed by atoms with Gasteiger partial charge in [0, 0.05) is 12.7 Å². The molecule has 1 aromatic heterocycles. The molecule has 0 aliphatic heterocycles. The highest BCUT2D eigenvalue weighted by Gasteiger charge is 2.13. The van der Waals surface area contributed by atoms with Crippen molar-refractivity contribution in [2.75, 3.05) is 6.54 Å². The van der Waals surface area contributed by atoms with Gasteiger partial charge in [-0.1, -0.05) is 18.3 Å². The number of pyridine rings is 1.